The monoisotopic (exact) mass is 539 g/mol. The van der Waals surface area contributed by atoms with Gasteiger partial charge in [-0.15, -0.1) is 0 Å². The molecule has 41 heavy (non-hydrogen) atoms. The van der Waals surface area contributed by atoms with Gasteiger partial charge in [0.1, 0.15) is 5.75 Å². The lowest BCUT2D eigenvalue weighted by atomic mass is 9.47. The average molecular weight is 540 g/mol. The number of benzene rings is 4. The molecule has 8 nitrogen and oxygen atoms in total. The molecule has 200 valence electrons. The zero-order chi connectivity index (χ0) is 27.7. The van der Waals surface area contributed by atoms with Crippen LogP contribution in [0.15, 0.2) is 102 Å². The Labute approximate surface area is 235 Å². The van der Waals surface area contributed by atoms with Crippen LogP contribution in [0.3, 0.4) is 0 Å². The molecule has 5 aromatic rings. The average Bonchev–Trinajstić information content (AvgIpc) is 3.55. The SMILES string of the molecule is COc1ccccc1N1C(=O)[C@@H]2[C@@H](C1=O)C1c3ccccc3C2(/C=N\Nc2nc3ccccc3[nH]2)c2ccccc21. The number of rotatable bonds is 5. The third kappa shape index (κ3) is 3.10. The van der Waals surface area contributed by atoms with Gasteiger partial charge < -0.3 is 9.72 Å². The zero-order valence-corrected chi connectivity index (χ0v) is 22.1. The highest BCUT2D eigenvalue weighted by molar-refractivity contribution is 6.25. The van der Waals surface area contributed by atoms with E-state index in [0.717, 1.165) is 33.3 Å². The summed E-state index contributed by atoms with van der Waals surface area (Å²) in [5.41, 5.74) is 8.32. The van der Waals surface area contributed by atoms with E-state index < -0.39 is 17.3 Å². The van der Waals surface area contributed by atoms with Gasteiger partial charge in [-0.1, -0.05) is 72.8 Å². The van der Waals surface area contributed by atoms with E-state index in [1.54, 1.807) is 19.2 Å². The summed E-state index contributed by atoms with van der Waals surface area (Å²) in [6, 6.07) is 31.1. The van der Waals surface area contributed by atoms with Crippen LogP contribution in [0.2, 0.25) is 0 Å². The van der Waals surface area contributed by atoms with E-state index in [2.05, 4.69) is 39.7 Å². The van der Waals surface area contributed by atoms with E-state index in [0.29, 0.717) is 17.4 Å². The molecule has 4 aliphatic rings. The number of carbonyl (C=O) groups excluding carboxylic acids is 2. The maximum atomic E-state index is 14.5. The number of hydrogen-bond acceptors (Lipinski definition) is 6. The number of nitrogens with one attached hydrogen (secondary N) is 2. The quantitative estimate of drug-likeness (QED) is 0.181. The maximum absolute atomic E-state index is 14.5. The molecule has 0 radical (unpaired) electrons. The van der Waals surface area contributed by atoms with Crippen LogP contribution in [-0.2, 0) is 15.0 Å². The standard InChI is InChI=1S/C33H25N5O3/c1-41-26-17-9-8-16-25(26)38-30(39)28-27-19-10-2-4-12-21(19)33(29(28)31(38)40,22-13-5-3-11-20(22)27)18-34-37-32-35-23-14-6-7-15-24(23)36-32/h2-18,27-29H,1H3,(H2,35,36,37)/b34-18-/t27?,28-,29-,33?/m0/s1. The molecule has 1 aromatic heterocycles. The molecule has 0 saturated carbocycles. The van der Waals surface area contributed by atoms with Gasteiger partial charge >= 0.3 is 0 Å². The fourth-order valence-corrected chi connectivity index (χ4v) is 7.30. The first-order valence-electron chi connectivity index (χ1n) is 13.6. The van der Waals surface area contributed by atoms with Crippen LogP contribution in [0.4, 0.5) is 11.6 Å². The predicted molar refractivity (Wildman–Crippen MR) is 156 cm³/mol. The van der Waals surface area contributed by atoms with Crippen LogP contribution in [0.25, 0.3) is 11.0 Å². The predicted octanol–water partition coefficient (Wildman–Crippen LogP) is 5.22. The summed E-state index contributed by atoms with van der Waals surface area (Å²) in [4.78, 5) is 38.0. The number of anilines is 2. The van der Waals surface area contributed by atoms with Crippen LogP contribution in [0.5, 0.6) is 5.75 Å². The minimum Gasteiger partial charge on any atom is -0.495 e. The van der Waals surface area contributed by atoms with Crippen molar-refractivity contribution in [2.45, 2.75) is 11.3 Å². The zero-order valence-electron chi connectivity index (χ0n) is 22.1. The number of aromatic amines is 1. The molecule has 3 aliphatic carbocycles. The van der Waals surface area contributed by atoms with Crippen LogP contribution < -0.4 is 15.1 Å². The summed E-state index contributed by atoms with van der Waals surface area (Å²) in [6.45, 7) is 0. The Kier molecular flexibility index (Phi) is 4.97. The highest BCUT2D eigenvalue weighted by atomic mass is 16.5. The van der Waals surface area contributed by atoms with E-state index in [4.69, 9.17) is 9.84 Å². The van der Waals surface area contributed by atoms with Crippen molar-refractivity contribution >= 4 is 40.7 Å². The summed E-state index contributed by atoms with van der Waals surface area (Å²) in [5.74, 6) is -1.03. The number of methoxy groups -OCH3 is 1. The van der Waals surface area contributed by atoms with Crippen molar-refractivity contribution in [1.29, 1.82) is 0 Å². The van der Waals surface area contributed by atoms with Crippen LogP contribution >= 0.6 is 0 Å². The van der Waals surface area contributed by atoms with Gasteiger partial charge in [0.2, 0.25) is 17.8 Å². The van der Waals surface area contributed by atoms with E-state index >= 15 is 0 Å². The lowest BCUT2D eigenvalue weighted by Crippen LogP contribution is -2.54. The van der Waals surface area contributed by atoms with Crippen LogP contribution in [0.1, 0.15) is 28.2 Å². The van der Waals surface area contributed by atoms with Crippen molar-refractivity contribution in [3.05, 3.63) is 119 Å². The highest BCUT2D eigenvalue weighted by Crippen LogP contribution is 2.64. The van der Waals surface area contributed by atoms with Crippen molar-refractivity contribution in [3.8, 4) is 5.75 Å². The Morgan fingerprint density at radius 2 is 1.54 bits per heavy atom. The Morgan fingerprint density at radius 1 is 0.878 bits per heavy atom. The number of imide groups is 1. The lowest BCUT2D eigenvalue weighted by Gasteiger charge is -2.52. The molecule has 8 heteroatoms. The molecule has 0 unspecified atom stereocenters. The van der Waals surface area contributed by atoms with Gasteiger partial charge in [-0.25, -0.2) is 15.3 Å². The molecule has 2 amide bonds. The van der Waals surface area contributed by atoms with Crippen LogP contribution in [-0.4, -0.2) is 35.1 Å². The second-order valence-corrected chi connectivity index (χ2v) is 10.7. The maximum Gasteiger partial charge on any atom is 0.239 e. The number of hydrazone groups is 1. The number of fused-ring (bicyclic) bond motifs is 1. The van der Waals surface area contributed by atoms with Gasteiger partial charge in [0.05, 0.1) is 41.1 Å². The second-order valence-electron chi connectivity index (χ2n) is 10.7. The number of carbonyl (C=O) groups is 2. The summed E-state index contributed by atoms with van der Waals surface area (Å²) in [7, 11) is 1.55. The number of hydrogen-bond donors (Lipinski definition) is 2. The molecular formula is C33H25N5O3. The van der Waals surface area contributed by atoms with Gasteiger partial charge in [-0.2, -0.15) is 5.10 Å². The number of imidazole rings is 1. The van der Waals surface area contributed by atoms with Crippen molar-refractivity contribution < 1.29 is 14.3 Å². The molecule has 0 spiro atoms. The number of para-hydroxylation sites is 4. The topological polar surface area (TPSA) is 99.7 Å². The van der Waals surface area contributed by atoms with Gasteiger partial charge in [0.15, 0.2) is 0 Å². The van der Waals surface area contributed by atoms with Crippen molar-refractivity contribution in [3.63, 3.8) is 0 Å². The number of nitrogens with zero attached hydrogens (tertiary/aromatic N) is 3. The number of aromatic nitrogens is 2. The van der Waals surface area contributed by atoms with E-state index in [9.17, 15) is 9.59 Å². The molecule has 4 aromatic carbocycles. The number of ether oxygens (including phenoxy) is 1. The highest BCUT2D eigenvalue weighted by Gasteiger charge is 2.68. The first-order valence-corrected chi connectivity index (χ1v) is 13.6. The molecule has 2 atom stereocenters. The Morgan fingerprint density at radius 3 is 2.27 bits per heavy atom. The molecule has 1 fully saturated rings. The normalized spacial score (nSPS) is 24.0. The third-order valence-electron chi connectivity index (χ3n) is 8.84. The molecular weight excluding hydrogens is 514 g/mol. The first-order chi connectivity index (χ1) is 20.1. The fraction of sp³-hybridized carbons (Fsp3) is 0.152. The fourth-order valence-electron chi connectivity index (χ4n) is 7.30. The molecule has 1 saturated heterocycles. The second kappa shape index (κ2) is 8.63. The van der Waals surface area contributed by atoms with Crippen molar-refractivity contribution in [2.75, 3.05) is 17.4 Å². The lowest BCUT2D eigenvalue weighted by molar-refractivity contribution is -0.122. The van der Waals surface area contributed by atoms with Gasteiger partial charge in [-0.05, 0) is 46.5 Å². The Bertz CT molecular complexity index is 1830. The minimum atomic E-state index is -0.977. The number of H-pyrrole nitrogens is 1. The van der Waals surface area contributed by atoms with Crippen molar-refractivity contribution in [1.82, 2.24) is 9.97 Å². The molecule has 2 heterocycles. The van der Waals surface area contributed by atoms with Gasteiger partial charge in [0.25, 0.3) is 0 Å². The van der Waals surface area contributed by atoms with E-state index in [-0.39, 0.29) is 17.7 Å². The summed E-state index contributed by atoms with van der Waals surface area (Å²) >= 11 is 0. The molecule has 2 N–H and O–H groups in total. The summed E-state index contributed by atoms with van der Waals surface area (Å²) in [6.07, 6.45) is 1.81. The Balaban J connectivity index is 1.32. The minimum absolute atomic E-state index is 0.221. The number of amides is 2. The summed E-state index contributed by atoms with van der Waals surface area (Å²) < 4.78 is 5.57. The smallest absolute Gasteiger partial charge is 0.239 e. The molecule has 1 aliphatic heterocycles. The molecule has 2 bridgehead atoms. The summed E-state index contributed by atoms with van der Waals surface area (Å²) in [5, 5.41) is 4.70. The first kappa shape index (κ1) is 23.6. The van der Waals surface area contributed by atoms with Crippen LogP contribution in [0, 0.1) is 11.8 Å². The van der Waals surface area contributed by atoms with E-state index in [1.165, 1.54) is 4.90 Å². The van der Waals surface area contributed by atoms with E-state index in [1.807, 2.05) is 66.9 Å². The van der Waals surface area contributed by atoms with Crippen molar-refractivity contribution in [2.24, 2.45) is 16.9 Å². The molecule has 9 rings (SSSR count). The van der Waals surface area contributed by atoms with Gasteiger partial charge in [0, 0.05) is 12.1 Å². The Hall–Kier alpha value is -5.24. The largest absolute Gasteiger partial charge is 0.495 e. The third-order valence-corrected chi connectivity index (χ3v) is 8.84. The van der Waals surface area contributed by atoms with Gasteiger partial charge in [-0.3, -0.25) is 9.59 Å².